The Bertz CT molecular complexity index is 1300. The molecule has 1 aromatic carbocycles. The topological polar surface area (TPSA) is 95.5 Å². The second-order valence-corrected chi connectivity index (χ2v) is 12.9. The molecule has 38 heavy (non-hydrogen) atoms. The van der Waals surface area contributed by atoms with Gasteiger partial charge in [0.25, 0.3) is 5.91 Å². The number of nitrogens with one attached hydrogen (secondary N) is 1. The van der Waals surface area contributed by atoms with Gasteiger partial charge in [-0.1, -0.05) is 0 Å². The smallest absolute Gasteiger partial charge is 0.254 e. The van der Waals surface area contributed by atoms with E-state index in [1.807, 2.05) is 26.0 Å². The fourth-order valence-electron chi connectivity index (χ4n) is 5.12. The van der Waals surface area contributed by atoms with Crippen LogP contribution in [0, 0.1) is 13.8 Å². The number of thiophene rings is 1. The van der Waals surface area contributed by atoms with Crippen LogP contribution in [0.2, 0.25) is 0 Å². The number of anilines is 1. The second-order valence-electron chi connectivity index (χ2n) is 10.1. The minimum atomic E-state index is -3.23. The van der Waals surface area contributed by atoms with Crippen LogP contribution in [0.4, 0.5) is 5.69 Å². The van der Waals surface area contributed by atoms with Crippen molar-refractivity contribution in [3.8, 4) is 0 Å². The molecule has 3 aromatic rings. The molecule has 2 aromatic heterocycles. The highest BCUT2D eigenvalue weighted by Crippen LogP contribution is 2.28. The normalized spacial score (nSPS) is 15.8. The van der Waals surface area contributed by atoms with E-state index >= 15 is 0 Å². The Morgan fingerprint density at radius 1 is 1.13 bits per heavy atom. The van der Waals surface area contributed by atoms with Gasteiger partial charge in [0.05, 0.1) is 21.8 Å². The number of carbonyl (C=O) groups is 1. The molecule has 1 N–H and O–H groups in total. The zero-order valence-electron chi connectivity index (χ0n) is 22.6. The van der Waals surface area contributed by atoms with Crippen molar-refractivity contribution in [2.45, 2.75) is 63.6 Å². The molecule has 8 nitrogen and oxygen atoms in total. The third-order valence-electron chi connectivity index (χ3n) is 7.39. The number of likely N-dealkylation sites (tertiary alicyclic amines) is 1. The molecule has 204 valence electrons. The van der Waals surface area contributed by atoms with E-state index in [0.717, 1.165) is 44.6 Å². The molecule has 0 radical (unpaired) electrons. The van der Waals surface area contributed by atoms with Crippen LogP contribution in [-0.4, -0.2) is 67.2 Å². The molecule has 0 saturated carbocycles. The molecule has 10 heteroatoms. The zero-order chi connectivity index (χ0) is 27.3. The fourth-order valence-corrected chi connectivity index (χ4v) is 6.41. The highest BCUT2D eigenvalue weighted by molar-refractivity contribution is 7.90. The summed E-state index contributed by atoms with van der Waals surface area (Å²) in [4.78, 5) is 26.2. The van der Waals surface area contributed by atoms with E-state index in [2.05, 4.69) is 48.8 Å². The highest BCUT2D eigenvalue weighted by atomic mass is 32.2. The maximum absolute atomic E-state index is 12.7. The minimum absolute atomic E-state index is 0.113. The molecule has 1 aliphatic rings. The monoisotopic (exact) mass is 555 g/mol. The number of aromatic nitrogens is 2. The predicted molar refractivity (Wildman–Crippen MR) is 153 cm³/mol. The molecule has 0 spiro atoms. The Morgan fingerprint density at radius 3 is 2.37 bits per heavy atom. The highest BCUT2D eigenvalue weighted by Gasteiger charge is 2.27. The van der Waals surface area contributed by atoms with Gasteiger partial charge in [0.2, 0.25) is 0 Å². The minimum Gasteiger partial charge on any atom is -0.364 e. The first-order valence-corrected chi connectivity index (χ1v) is 15.8. The summed E-state index contributed by atoms with van der Waals surface area (Å²) in [5, 5.41) is 7.31. The molecular weight excluding hydrogens is 518 g/mol. The van der Waals surface area contributed by atoms with Gasteiger partial charge in [-0.3, -0.25) is 4.79 Å². The van der Waals surface area contributed by atoms with Crippen LogP contribution in [0.15, 0.2) is 52.3 Å². The lowest BCUT2D eigenvalue weighted by Crippen LogP contribution is -2.48. The average Bonchev–Trinajstić information content (AvgIpc) is 3.40. The summed E-state index contributed by atoms with van der Waals surface area (Å²) in [7, 11) is -3.23. The quantitative estimate of drug-likeness (QED) is 0.400. The molecule has 1 atom stereocenters. The number of piperidine rings is 1. The number of hydrogen-bond acceptors (Lipinski definition) is 8. The summed E-state index contributed by atoms with van der Waals surface area (Å²) in [6.07, 6.45) is 5.64. The number of rotatable bonds is 10. The van der Waals surface area contributed by atoms with Gasteiger partial charge < -0.3 is 15.1 Å². The van der Waals surface area contributed by atoms with Crippen molar-refractivity contribution < 1.29 is 13.2 Å². The Labute approximate surface area is 230 Å². The lowest BCUT2D eigenvalue weighted by molar-refractivity contribution is 0.0943. The first kappa shape index (κ1) is 28.2. The molecule has 1 saturated heterocycles. The molecule has 3 heterocycles. The summed E-state index contributed by atoms with van der Waals surface area (Å²) < 4.78 is 23.9. The van der Waals surface area contributed by atoms with Crippen LogP contribution in [0.3, 0.4) is 0 Å². The van der Waals surface area contributed by atoms with Crippen molar-refractivity contribution in [1.29, 1.82) is 0 Å². The molecule has 0 bridgehead atoms. The van der Waals surface area contributed by atoms with Crippen LogP contribution in [-0.2, 0) is 16.4 Å². The summed E-state index contributed by atoms with van der Waals surface area (Å²) in [5.74, 6) is -0.113. The number of sulfone groups is 1. The van der Waals surface area contributed by atoms with Gasteiger partial charge in [-0.05, 0) is 86.7 Å². The van der Waals surface area contributed by atoms with Crippen LogP contribution < -0.4 is 10.2 Å². The Kier molecular flexibility index (Phi) is 9.17. The first-order chi connectivity index (χ1) is 18.1. The van der Waals surface area contributed by atoms with E-state index in [-0.39, 0.29) is 5.91 Å². The summed E-state index contributed by atoms with van der Waals surface area (Å²) in [6, 6.07) is 10.2. The lowest BCUT2D eigenvalue weighted by atomic mass is 9.99. The largest absolute Gasteiger partial charge is 0.364 e. The van der Waals surface area contributed by atoms with Gasteiger partial charge in [0.1, 0.15) is 6.33 Å². The molecule has 1 fully saturated rings. The molecule has 0 aliphatic carbocycles. The fraction of sp³-hybridized carbons (Fsp3) is 0.464. The Hall–Kier alpha value is -2.82. The van der Waals surface area contributed by atoms with Gasteiger partial charge in [-0.15, -0.1) is 0 Å². The average molecular weight is 556 g/mol. The SMILES string of the molecule is Cc1ncnc(C)c1C(=O)NCC[C@@H](C)N1CCC(N(Cc2ccsc2)c2ccc(S(C)(=O)=O)cc2)CC1. The van der Waals surface area contributed by atoms with Gasteiger partial charge in [0.15, 0.2) is 9.84 Å². The van der Waals surface area contributed by atoms with Gasteiger partial charge in [-0.2, -0.15) is 11.3 Å². The molecule has 1 amide bonds. The first-order valence-electron chi connectivity index (χ1n) is 13.0. The summed E-state index contributed by atoms with van der Waals surface area (Å²) in [5.41, 5.74) is 4.28. The summed E-state index contributed by atoms with van der Waals surface area (Å²) in [6.45, 7) is 9.25. The van der Waals surface area contributed by atoms with Gasteiger partial charge in [0, 0.05) is 50.2 Å². The van der Waals surface area contributed by atoms with Crippen LogP contribution in [0.5, 0.6) is 0 Å². The van der Waals surface area contributed by atoms with Crippen LogP contribution in [0.25, 0.3) is 0 Å². The van der Waals surface area contributed by atoms with Crippen molar-refractivity contribution in [3.63, 3.8) is 0 Å². The van der Waals surface area contributed by atoms with Crippen molar-refractivity contribution in [2.24, 2.45) is 0 Å². The van der Waals surface area contributed by atoms with Gasteiger partial charge >= 0.3 is 0 Å². The van der Waals surface area contributed by atoms with E-state index in [1.54, 1.807) is 23.5 Å². The molecular formula is C28H37N5O3S2. The standard InChI is InChI=1S/C28H37N5O3S2/c1-20(9-13-29-28(34)27-21(2)30-19-31-22(27)3)32-14-10-25(11-15-32)33(17-23-12-16-37-18-23)24-5-7-26(8-6-24)38(4,35)36/h5-8,12,16,18-20,25H,9-11,13-15,17H2,1-4H3,(H,29,34)/t20-/m1/s1. The van der Waals surface area contributed by atoms with E-state index in [4.69, 9.17) is 0 Å². The van der Waals surface area contributed by atoms with Crippen molar-refractivity contribution in [3.05, 3.63) is 69.9 Å². The maximum atomic E-state index is 12.7. The molecule has 1 aliphatic heterocycles. The third-order valence-corrected chi connectivity index (χ3v) is 9.25. The maximum Gasteiger partial charge on any atom is 0.254 e. The third kappa shape index (κ3) is 6.98. The number of nitrogens with zero attached hydrogens (tertiary/aromatic N) is 4. The van der Waals surface area contributed by atoms with Gasteiger partial charge in [-0.25, -0.2) is 18.4 Å². The number of carbonyl (C=O) groups excluding carboxylic acids is 1. The Morgan fingerprint density at radius 2 is 1.79 bits per heavy atom. The van der Waals surface area contributed by atoms with Crippen LogP contribution in [0.1, 0.15) is 53.5 Å². The number of hydrogen-bond donors (Lipinski definition) is 1. The Balaban J connectivity index is 1.34. The zero-order valence-corrected chi connectivity index (χ0v) is 24.2. The molecule has 0 unspecified atom stereocenters. The number of benzene rings is 1. The van der Waals surface area contributed by atoms with Crippen molar-refractivity contribution in [1.82, 2.24) is 20.2 Å². The second kappa shape index (κ2) is 12.4. The summed E-state index contributed by atoms with van der Waals surface area (Å²) >= 11 is 1.69. The number of aryl methyl sites for hydroxylation is 2. The predicted octanol–water partition coefficient (Wildman–Crippen LogP) is 4.24. The van der Waals surface area contributed by atoms with Crippen molar-refractivity contribution >= 4 is 32.8 Å². The number of amides is 1. The lowest BCUT2D eigenvalue weighted by Gasteiger charge is -2.42. The van der Waals surface area contributed by atoms with E-state index in [0.29, 0.717) is 40.5 Å². The molecule has 4 rings (SSSR count). The van der Waals surface area contributed by atoms with Crippen molar-refractivity contribution in [2.75, 3.05) is 30.8 Å². The van der Waals surface area contributed by atoms with E-state index in [1.165, 1.54) is 18.1 Å². The van der Waals surface area contributed by atoms with E-state index in [9.17, 15) is 13.2 Å². The van der Waals surface area contributed by atoms with Crippen LogP contribution >= 0.6 is 11.3 Å². The van der Waals surface area contributed by atoms with E-state index < -0.39 is 9.84 Å².